The predicted octanol–water partition coefficient (Wildman–Crippen LogP) is 1.37. The van der Waals surface area contributed by atoms with Gasteiger partial charge < -0.3 is 15.1 Å². The van der Waals surface area contributed by atoms with Crippen molar-refractivity contribution < 1.29 is 9.59 Å². The number of amides is 2. The fourth-order valence-corrected chi connectivity index (χ4v) is 3.16. The lowest BCUT2D eigenvalue weighted by molar-refractivity contribution is -0.131. The molecule has 0 atom stereocenters. The number of likely N-dealkylation sites (N-methyl/N-ethyl adjacent to an activating group) is 1. The van der Waals surface area contributed by atoms with E-state index >= 15 is 0 Å². The molecule has 2 amide bonds. The Balaban J connectivity index is 1.75. The number of carbonyl (C=O) groups is 2. The second-order valence-electron chi connectivity index (χ2n) is 6.04. The van der Waals surface area contributed by atoms with E-state index < -0.39 is 0 Å². The fourth-order valence-electron chi connectivity index (χ4n) is 2.42. The van der Waals surface area contributed by atoms with Gasteiger partial charge in [-0.25, -0.2) is 0 Å². The van der Waals surface area contributed by atoms with Crippen molar-refractivity contribution >= 4 is 28.3 Å². The second kappa shape index (κ2) is 8.93. The highest BCUT2D eigenvalue weighted by Gasteiger charge is 2.17. The summed E-state index contributed by atoms with van der Waals surface area (Å²) in [5.74, 6) is 0.0505. The van der Waals surface area contributed by atoms with Gasteiger partial charge in [-0.2, -0.15) is 0 Å². The number of likely N-dealkylation sites (tertiary alicyclic amines) is 1. The lowest BCUT2D eigenvalue weighted by Crippen LogP contribution is -2.33. The number of nitrogens with one attached hydrogen (secondary N) is 1. The first-order valence-corrected chi connectivity index (χ1v) is 8.91. The highest BCUT2D eigenvalue weighted by molar-refractivity contribution is 7.15. The molecule has 7 nitrogen and oxygen atoms in total. The van der Waals surface area contributed by atoms with Crippen LogP contribution in [0.3, 0.4) is 0 Å². The molecule has 1 saturated heterocycles. The summed E-state index contributed by atoms with van der Waals surface area (Å²) in [5.41, 5.74) is 0. The molecule has 1 aliphatic heterocycles. The zero-order valence-corrected chi connectivity index (χ0v) is 14.7. The topological polar surface area (TPSA) is 78.4 Å². The molecule has 23 heavy (non-hydrogen) atoms. The van der Waals surface area contributed by atoms with Crippen molar-refractivity contribution in [2.24, 2.45) is 0 Å². The highest BCUT2D eigenvalue weighted by atomic mass is 32.1. The van der Waals surface area contributed by atoms with E-state index in [2.05, 4.69) is 20.4 Å². The van der Waals surface area contributed by atoms with Gasteiger partial charge in [0.15, 0.2) is 0 Å². The number of hydrogen-bond acceptors (Lipinski definition) is 6. The largest absolute Gasteiger partial charge is 0.342 e. The normalized spacial score (nSPS) is 15.8. The van der Waals surface area contributed by atoms with Crippen molar-refractivity contribution in [2.45, 2.75) is 38.5 Å². The smallest absolute Gasteiger partial charge is 0.227 e. The van der Waals surface area contributed by atoms with Crippen LogP contribution in [-0.2, 0) is 16.0 Å². The first-order chi connectivity index (χ1) is 11.0. The summed E-state index contributed by atoms with van der Waals surface area (Å²) in [6, 6.07) is 0. The molecule has 2 heterocycles. The molecule has 1 aromatic rings. The predicted molar refractivity (Wildman–Crippen MR) is 90.5 cm³/mol. The number of hydrogen-bond donors (Lipinski definition) is 1. The molecule has 0 saturated carbocycles. The Morgan fingerprint density at radius 2 is 2.13 bits per heavy atom. The van der Waals surface area contributed by atoms with Crippen molar-refractivity contribution in [1.82, 2.24) is 20.0 Å². The summed E-state index contributed by atoms with van der Waals surface area (Å²) in [6.07, 6.45) is 4.81. The Morgan fingerprint density at radius 3 is 2.91 bits per heavy atom. The minimum absolute atomic E-state index is 0.114. The van der Waals surface area contributed by atoms with Crippen LogP contribution in [0.25, 0.3) is 0 Å². The third-order valence-electron chi connectivity index (χ3n) is 3.77. The number of rotatable bonds is 7. The standard InChI is InChI=1S/C15H25N5O2S/c1-19(2)10-8-13-17-18-15(23-13)16-12(21)7-11-20-9-5-3-4-6-14(20)22/h3-11H2,1-2H3,(H,16,18,21). The van der Waals surface area contributed by atoms with Crippen LogP contribution in [0.4, 0.5) is 5.13 Å². The molecular formula is C15H25N5O2S. The van der Waals surface area contributed by atoms with Gasteiger partial charge in [-0.05, 0) is 26.9 Å². The lowest BCUT2D eigenvalue weighted by atomic mass is 10.2. The molecule has 2 rings (SSSR count). The van der Waals surface area contributed by atoms with Crippen molar-refractivity contribution in [2.75, 3.05) is 39.0 Å². The minimum atomic E-state index is -0.114. The van der Waals surface area contributed by atoms with E-state index in [4.69, 9.17) is 0 Å². The van der Waals surface area contributed by atoms with Gasteiger partial charge in [-0.15, -0.1) is 10.2 Å². The Hall–Kier alpha value is -1.54. The van der Waals surface area contributed by atoms with E-state index in [0.29, 0.717) is 24.5 Å². The van der Waals surface area contributed by atoms with E-state index in [1.807, 2.05) is 14.1 Å². The quantitative estimate of drug-likeness (QED) is 0.812. The Morgan fingerprint density at radius 1 is 1.30 bits per heavy atom. The fraction of sp³-hybridized carbons (Fsp3) is 0.733. The second-order valence-corrected chi connectivity index (χ2v) is 7.11. The van der Waals surface area contributed by atoms with Gasteiger partial charge in [0.25, 0.3) is 0 Å². The van der Waals surface area contributed by atoms with Crippen LogP contribution in [-0.4, -0.2) is 65.5 Å². The molecule has 8 heteroatoms. The molecule has 1 aromatic heterocycles. The number of aromatic nitrogens is 2. The Labute approximate surface area is 141 Å². The number of anilines is 1. The minimum Gasteiger partial charge on any atom is -0.342 e. The summed E-state index contributed by atoms with van der Waals surface area (Å²) in [6.45, 7) is 2.15. The molecule has 0 aromatic carbocycles. The summed E-state index contributed by atoms with van der Waals surface area (Å²) in [4.78, 5) is 27.8. The molecule has 1 N–H and O–H groups in total. The van der Waals surface area contributed by atoms with Crippen LogP contribution in [0, 0.1) is 0 Å². The molecule has 0 unspecified atom stereocenters. The van der Waals surface area contributed by atoms with Crippen LogP contribution in [0.1, 0.15) is 37.1 Å². The van der Waals surface area contributed by atoms with Crippen LogP contribution in [0.5, 0.6) is 0 Å². The monoisotopic (exact) mass is 339 g/mol. The molecular weight excluding hydrogens is 314 g/mol. The van der Waals surface area contributed by atoms with E-state index in [1.54, 1.807) is 4.90 Å². The van der Waals surface area contributed by atoms with E-state index in [9.17, 15) is 9.59 Å². The van der Waals surface area contributed by atoms with Gasteiger partial charge in [-0.1, -0.05) is 17.8 Å². The number of carbonyl (C=O) groups excluding carboxylic acids is 2. The average Bonchev–Trinajstić information content (AvgIpc) is 2.84. The summed E-state index contributed by atoms with van der Waals surface area (Å²) in [5, 5.41) is 12.3. The van der Waals surface area contributed by atoms with Crippen LogP contribution in [0.15, 0.2) is 0 Å². The maximum absolute atomic E-state index is 12.0. The molecule has 0 aliphatic carbocycles. The van der Waals surface area contributed by atoms with Gasteiger partial charge in [-0.3, -0.25) is 9.59 Å². The van der Waals surface area contributed by atoms with E-state index in [0.717, 1.165) is 43.8 Å². The summed E-state index contributed by atoms with van der Waals surface area (Å²) >= 11 is 1.41. The van der Waals surface area contributed by atoms with E-state index in [-0.39, 0.29) is 11.8 Å². The Kier molecular flexibility index (Phi) is 6.91. The van der Waals surface area contributed by atoms with Crippen LogP contribution >= 0.6 is 11.3 Å². The third kappa shape index (κ3) is 6.23. The third-order valence-corrected chi connectivity index (χ3v) is 4.66. The first kappa shape index (κ1) is 17.8. The highest BCUT2D eigenvalue weighted by Crippen LogP contribution is 2.16. The number of nitrogens with zero attached hydrogens (tertiary/aromatic N) is 4. The molecule has 0 radical (unpaired) electrons. The van der Waals surface area contributed by atoms with Gasteiger partial charge in [0.1, 0.15) is 5.01 Å². The van der Waals surface area contributed by atoms with Crippen LogP contribution < -0.4 is 5.32 Å². The molecule has 0 bridgehead atoms. The zero-order valence-electron chi connectivity index (χ0n) is 13.9. The van der Waals surface area contributed by atoms with Crippen LogP contribution in [0.2, 0.25) is 0 Å². The molecule has 0 spiro atoms. The molecule has 1 fully saturated rings. The van der Waals surface area contributed by atoms with Crippen molar-refractivity contribution in [3.8, 4) is 0 Å². The van der Waals surface area contributed by atoms with Crippen molar-refractivity contribution in [3.63, 3.8) is 0 Å². The maximum Gasteiger partial charge on any atom is 0.227 e. The molecule has 1 aliphatic rings. The zero-order chi connectivity index (χ0) is 16.7. The Bertz CT molecular complexity index is 532. The molecule has 128 valence electrons. The summed E-state index contributed by atoms with van der Waals surface area (Å²) in [7, 11) is 4.02. The summed E-state index contributed by atoms with van der Waals surface area (Å²) < 4.78 is 0. The maximum atomic E-state index is 12.0. The van der Waals surface area contributed by atoms with Crippen molar-refractivity contribution in [1.29, 1.82) is 0 Å². The average molecular weight is 339 g/mol. The SMILES string of the molecule is CN(C)CCc1nnc(NC(=O)CCN2CCCCCC2=O)s1. The first-order valence-electron chi connectivity index (χ1n) is 8.09. The van der Waals surface area contributed by atoms with Gasteiger partial charge in [0.05, 0.1) is 0 Å². The van der Waals surface area contributed by atoms with E-state index in [1.165, 1.54) is 11.3 Å². The lowest BCUT2D eigenvalue weighted by Gasteiger charge is -2.19. The van der Waals surface area contributed by atoms with Gasteiger partial charge in [0.2, 0.25) is 16.9 Å². The van der Waals surface area contributed by atoms with Gasteiger partial charge >= 0.3 is 0 Å². The van der Waals surface area contributed by atoms with Crippen molar-refractivity contribution in [3.05, 3.63) is 5.01 Å². The van der Waals surface area contributed by atoms with Gasteiger partial charge in [0, 0.05) is 38.9 Å².